The molecule has 21 heavy (non-hydrogen) atoms. The maximum absolute atomic E-state index is 6.32. The average Bonchev–Trinajstić information content (AvgIpc) is 2.42. The molecule has 0 heterocycles. The summed E-state index contributed by atoms with van der Waals surface area (Å²) in [7, 11) is 1.89. The van der Waals surface area contributed by atoms with Gasteiger partial charge in [-0.15, -0.1) is 0 Å². The number of ether oxygens (including phenoxy) is 1. The lowest BCUT2D eigenvalue weighted by molar-refractivity contribution is 0.242. The van der Waals surface area contributed by atoms with E-state index in [1.54, 1.807) is 0 Å². The second-order valence-corrected chi connectivity index (χ2v) is 5.91. The van der Waals surface area contributed by atoms with Crippen molar-refractivity contribution in [3.05, 3.63) is 63.6 Å². The fourth-order valence-corrected chi connectivity index (χ4v) is 2.92. The Morgan fingerprint density at radius 1 is 1.00 bits per heavy atom. The predicted octanol–water partition coefficient (Wildman–Crippen LogP) is 5.09. The number of benzene rings is 2. The number of nitrogens with one attached hydrogen (secondary N) is 1. The van der Waals surface area contributed by atoms with Crippen molar-refractivity contribution < 1.29 is 4.74 Å². The minimum Gasteiger partial charge on any atom is -0.491 e. The molecule has 0 aliphatic carbocycles. The Kier molecular flexibility index (Phi) is 5.51. The van der Waals surface area contributed by atoms with Gasteiger partial charge >= 0.3 is 0 Å². The molecule has 4 heteroatoms. The molecule has 1 unspecified atom stereocenters. The standard InChI is InChI=1S/C17H19Cl2NO/c1-11(2)21-13-7-4-6-12(10-13)17(20-3)16-14(18)8-5-9-15(16)19/h4-11,17,20H,1-3H3. The van der Waals surface area contributed by atoms with Gasteiger partial charge < -0.3 is 10.1 Å². The number of halogens is 2. The van der Waals surface area contributed by atoms with E-state index < -0.39 is 0 Å². The first-order valence-electron chi connectivity index (χ1n) is 6.90. The molecule has 0 radical (unpaired) electrons. The first-order chi connectivity index (χ1) is 10.0. The van der Waals surface area contributed by atoms with Gasteiger partial charge in [-0.2, -0.15) is 0 Å². The van der Waals surface area contributed by atoms with Gasteiger partial charge in [0, 0.05) is 15.6 Å². The summed E-state index contributed by atoms with van der Waals surface area (Å²) in [5.41, 5.74) is 1.94. The van der Waals surface area contributed by atoms with Crippen LogP contribution in [-0.4, -0.2) is 13.2 Å². The smallest absolute Gasteiger partial charge is 0.120 e. The maximum atomic E-state index is 6.32. The van der Waals surface area contributed by atoms with E-state index in [2.05, 4.69) is 5.32 Å². The number of hydrogen-bond donors (Lipinski definition) is 1. The molecule has 0 aliphatic rings. The van der Waals surface area contributed by atoms with E-state index in [4.69, 9.17) is 27.9 Å². The molecule has 0 saturated heterocycles. The zero-order chi connectivity index (χ0) is 15.4. The van der Waals surface area contributed by atoms with Gasteiger partial charge in [0.25, 0.3) is 0 Å². The van der Waals surface area contributed by atoms with E-state index in [-0.39, 0.29) is 12.1 Å². The molecule has 0 amide bonds. The van der Waals surface area contributed by atoms with E-state index in [0.717, 1.165) is 16.9 Å². The maximum Gasteiger partial charge on any atom is 0.120 e. The van der Waals surface area contributed by atoms with E-state index in [1.807, 2.05) is 63.4 Å². The van der Waals surface area contributed by atoms with Gasteiger partial charge in [0.05, 0.1) is 12.1 Å². The molecule has 2 rings (SSSR count). The van der Waals surface area contributed by atoms with Crippen molar-refractivity contribution in [2.24, 2.45) is 0 Å². The fourth-order valence-electron chi connectivity index (χ4n) is 2.30. The van der Waals surface area contributed by atoms with Gasteiger partial charge in [0.2, 0.25) is 0 Å². The zero-order valence-corrected chi connectivity index (χ0v) is 13.9. The molecule has 2 nitrogen and oxygen atoms in total. The summed E-state index contributed by atoms with van der Waals surface area (Å²) in [5, 5.41) is 4.57. The highest BCUT2D eigenvalue weighted by Gasteiger charge is 2.18. The van der Waals surface area contributed by atoms with Crippen molar-refractivity contribution >= 4 is 23.2 Å². The highest BCUT2D eigenvalue weighted by atomic mass is 35.5. The van der Waals surface area contributed by atoms with Crippen molar-refractivity contribution in [1.82, 2.24) is 5.32 Å². The summed E-state index contributed by atoms with van der Waals surface area (Å²) in [5.74, 6) is 0.839. The minimum atomic E-state index is -0.0816. The SMILES string of the molecule is CNC(c1cccc(OC(C)C)c1)c1c(Cl)cccc1Cl. The summed E-state index contributed by atoms with van der Waals surface area (Å²) in [6.45, 7) is 4.01. The molecule has 0 aromatic heterocycles. The summed E-state index contributed by atoms with van der Waals surface area (Å²) in [6.07, 6.45) is 0.136. The summed E-state index contributed by atoms with van der Waals surface area (Å²) in [6, 6.07) is 13.4. The van der Waals surface area contributed by atoms with Crippen LogP contribution in [0, 0.1) is 0 Å². The predicted molar refractivity (Wildman–Crippen MR) is 89.6 cm³/mol. The van der Waals surface area contributed by atoms with Crippen molar-refractivity contribution in [3.63, 3.8) is 0 Å². The van der Waals surface area contributed by atoms with Gasteiger partial charge in [0.1, 0.15) is 5.75 Å². The Hall–Kier alpha value is -1.22. The monoisotopic (exact) mass is 323 g/mol. The molecule has 0 fully saturated rings. The van der Waals surface area contributed by atoms with Crippen molar-refractivity contribution in [2.75, 3.05) is 7.05 Å². The van der Waals surface area contributed by atoms with E-state index >= 15 is 0 Å². The van der Waals surface area contributed by atoms with Crippen LogP contribution in [0.25, 0.3) is 0 Å². The van der Waals surface area contributed by atoms with Crippen LogP contribution < -0.4 is 10.1 Å². The van der Waals surface area contributed by atoms with Crippen LogP contribution in [0.2, 0.25) is 10.0 Å². The van der Waals surface area contributed by atoms with Crippen LogP contribution >= 0.6 is 23.2 Å². The Bertz CT molecular complexity index is 593. The van der Waals surface area contributed by atoms with Gasteiger partial charge in [-0.1, -0.05) is 41.4 Å². The third-order valence-corrected chi connectivity index (χ3v) is 3.80. The van der Waals surface area contributed by atoms with E-state index in [9.17, 15) is 0 Å². The third-order valence-electron chi connectivity index (χ3n) is 3.14. The molecule has 0 bridgehead atoms. The van der Waals surface area contributed by atoms with E-state index in [0.29, 0.717) is 10.0 Å². The molecular weight excluding hydrogens is 305 g/mol. The highest BCUT2D eigenvalue weighted by Crippen LogP contribution is 2.34. The van der Waals surface area contributed by atoms with Crippen LogP contribution in [0.4, 0.5) is 0 Å². The molecule has 1 N–H and O–H groups in total. The second-order valence-electron chi connectivity index (χ2n) is 5.10. The largest absolute Gasteiger partial charge is 0.491 e. The van der Waals surface area contributed by atoms with Crippen LogP contribution in [0.5, 0.6) is 5.75 Å². The normalized spacial score (nSPS) is 12.5. The molecule has 2 aromatic rings. The number of rotatable bonds is 5. The van der Waals surface area contributed by atoms with Crippen molar-refractivity contribution in [3.8, 4) is 5.75 Å². The Morgan fingerprint density at radius 2 is 1.62 bits per heavy atom. The fraction of sp³-hybridized carbons (Fsp3) is 0.294. The summed E-state index contributed by atoms with van der Waals surface area (Å²) >= 11 is 12.6. The van der Waals surface area contributed by atoms with Crippen LogP contribution in [-0.2, 0) is 0 Å². The van der Waals surface area contributed by atoms with Crippen molar-refractivity contribution in [1.29, 1.82) is 0 Å². The Morgan fingerprint density at radius 3 is 2.19 bits per heavy atom. The van der Waals surface area contributed by atoms with Crippen LogP contribution in [0.1, 0.15) is 31.0 Å². The lowest BCUT2D eigenvalue weighted by Crippen LogP contribution is -2.18. The highest BCUT2D eigenvalue weighted by molar-refractivity contribution is 6.36. The molecule has 2 aromatic carbocycles. The van der Waals surface area contributed by atoms with E-state index in [1.165, 1.54) is 0 Å². The second kappa shape index (κ2) is 7.17. The van der Waals surface area contributed by atoms with Crippen LogP contribution in [0.3, 0.4) is 0 Å². The summed E-state index contributed by atoms with van der Waals surface area (Å²) in [4.78, 5) is 0. The molecule has 0 aliphatic heterocycles. The Labute approximate surface area is 136 Å². The third kappa shape index (κ3) is 3.91. The minimum absolute atomic E-state index is 0.0816. The van der Waals surface area contributed by atoms with Crippen LogP contribution in [0.15, 0.2) is 42.5 Å². The molecule has 0 spiro atoms. The van der Waals surface area contributed by atoms with Gasteiger partial charge in [-0.05, 0) is 50.7 Å². The lowest BCUT2D eigenvalue weighted by atomic mass is 9.98. The lowest BCUT2D eigenvalue weighted by Gasteiger charge is -2.21. The summed E-state index contributed by atoms with van der Waals surface area (Å²) < 4.78 is 5.75. The first-order valence-corrected chi connectivity index (χ1v) is 7.66. The first kappa shape index (κ1) is 16.2. The topological polar surface area (TPSA) is 21.3 Å². The Balaban J connectivity index is 2.42. The molecule has 1 atom stereocenters. The zero-order valence-electron chi connectivity index (χ0n) is 12.4. The molecule has 112 valence electrons. The molecule has 0 saturated carbocycles. The van der Waals surface area contributed by atoms with Crippen molar-refractivity contribution in [2.45, 2.75) is 26.0 Å². The van der Waals surface area contributed by atoms with Gasteiger partial charge in [-0.3, -0.25) is 0 Å². The quantitative estimate of drug-likeness (QED) is 0.827. The van der Waals surface area contributed by atoms with Gasteiger partial charge in [-0.25, -0.2) is 0 Å². The molecular formula is C17H19Cl2NO. The van der Waals surface area contributed by atoms with Gasteiger partial charge in [0.15, 0.2) is 0 Å². The number of hydrogen-bond acceptors (Lipinski definition) is 2. The average molecular weight is 324 g/mol.